The molecule has 1 aromatic carbocycles. The Morgan fingerprint density at radius 2 is 2.37 bits per heavy atom. The molecule has 1 atom stereocenters. The van der Waals surface area contributed by atoms with Gasteiger partial charge in [0.2, 0.25) is 0 Å². The maximum absolute atomic E-state index is 13.1. The summed E-state index contributed by atoms with van der Waals surface area (Å²) in [5.74, 6) is -0.606. The summed E-state index contributed by atoms with van der Waals surface area (Å²) >= 11 is 1.35. The minimum Gasteiger partial charge on any atom is -0.344 e. The number of nitrogens with two attached hydrogens (primary N) is 1. The Morgan fingerprint density at radius 3 is 3.00 bits per heavy atom. The van der Waals surface area contributed by atoms with Gasteiger partial charge in [-0.25, -0.2) is 9.37 Å². The molecule has 1 heterocycles. The van der Waals surface area contributed by atoms with E-state index in [0.29, 0.717) is 22.8 Å². The molecule has 4 nitrogen and oxygen atoms in total. The molecule has 1 aromatic heterocycles. The quantitative estimate of drug-likeness (QED) is 0.901. The van der Waals surface area contributed by atoms with Crippen LogP contribution >= 0.6 is 11.3 Å². The number of nitrogens with one attached hydrogen (secondary N) is 1. The van der Waals surface area contributed by atoms with Crippen molar-refractivity contribution in [1.29, 1.82) is 0 Å². The van der Waals surface area contributed by atoms with E-state index in [-0.39, 0.29) is 17.8 Å². The monoisotopic (exact) mass is 279 g/mol. The van der Waals surface area contributed by atoms with E-state index in [1.807, 2.05) is 0 Å². The number of carbonyl (C=O) groups is 1. The summed E-state index contributed by atoms with van der Waals surface area (Å²) in [5.41, 5.74) is 6.50. The normalized spacial score (nSPS) is 12.2. The molecule has 0 radical (unpaired) electrons. The van der Waals surface area contributed by atoms with Crippen molar-refractivity contribution in [2.75, 3.05) is 0 Å². The molecule has 1 amide bonds. The Morgan fingerprint density at radius 1 is 1.58 bits per heavy atom. The first-order valence-electron chi connectivity index (χ1n) is 5.81. The van der Waals surface area contributed by atoms with Crippen molar-refractivity contribution in [1.82, 2.24) is 10.3 Å². The number of halogens is 1. The van der Waals surface area contributed by atoms with Crippen LogP contribution in [0.3, 0.4) is 0 Å². The van der Waals surface area contributed by atoms with Crippen LogP contribution in [-0.4, -0.2) is 10.9 Å². The number of hydrogen-bond donors (Lipinski definition) is 2. The van der Waals surface area contributed by atoms with Gasteiger partial charge >= 0.3 is 0 Å². The maximum atomic E-state index is 13.1. The first-order valence-corrected chi connectivity index (χ1v) is 6.69. The third kappa shape index (κ3) is 3.36. The molecule has 0 bridgehead atoms. The Kier molecular flexibility index (Phi) is 4.24. The minimum atomic E-state index is -0.322. The first kappa shape index (κ1) is 13.6. The van der Waals surface area contributed by atoms with Gasteiger partial charge in [0.05, 0.1) is 6.04 Å². The first-order chi connectivity index (χ1) is 9.10. The summed E-state index contributed by atoms with van der Waals surface area (Å²) in [4.78, 5) is 16.0. The molecule has 0 unspecified atom stereocenters. The highest BCUT2D eigenvalue weighted by molar-refractivity contribution is 7.09. The summed E-state index contributed by atoms with van der Waals surface area (Å²) < 4.78 is 13.1. The van der Waals surface area contributed by atoms with Crippen molar-refractivity contribution in [2.45, 2.75) is 19.5 Å². The zero-order valence-electron chi connectivity index (χ0n) is 10.4. The number of aromatic nitrogens is 1. The molecular weight excluding hydrogens is 265 g/mol. The molecule has 19 heavy (non-hydrogen) atoms. The average molecular weight is 279 g/mol. The van der Waals surface area contributed by atoms with Crippen molar-refractivity contribution in [3.8, 4) is 0 Å². The number of carbonyl (C=O) groups excluding carboxylic acids is 1. The standard InChI is InChI=1S/C13H14FN3OS/c1-8(9-3-2-4-10(14)5-9)16-13(18)11-7-19-12(6-15)17-11/h2-5,7-8H,6,15H2,1H3,(H,16,18)/t8-/m1/s1. The summed E-state index contributed by atoms with van der Waals surface area (Å²) in [6.45, 7) is 2.11. The molecule has 6 heteroatoms. The Bertz CT molecular complexity index is 585. The van der Waals surface area contributed by atoms with Crippen LogP contribution in [0.1, 0.15) is 34.0 Å². The van der Waals surface area contributed by atoms with E-state index in [2.05, 4.69) is 10.3 Å². The maximum Gasteiger partial charge on any atom is 0.271 e. The second-order valence-electron chi connectivity index (χ2n) is 4.08. The Hall–Kier alpha value is -1.79. The van der Waals surface area contributed by atoms with E-state index in [4.69, 9.17) is 5.73 Å². The fourth-order valence-electron chi connectivity index (χ4n) is 1.64. The van der Waals surface area contributed by atoms with Crippen molar-refractivity contribution in [2.24, 2.45) is 5.73 Å². The number of amides is 1. The predicted molar refractivity (Wildman–Crippen MR) is 72.3 cm³/mol. The highest BCUT2D eigenvalue weighted by atomic mass is 32.1. The van der Waals surface area contributed by atoms with E-state index < -0.39 is 0 Å². The van der Waals surface area contributed by atoms with Gasteiger partial charge in [-0.15, -0.1) is 11.3 Å². The lowest BCUT2D eigenvalue weighted by atomic mass is 10.1. The van der Waals surface area contributed by atoms with Gasteiger partial charge in [-0.1, -0.05) is 12.1 Å². The lowest BCUT2D eigenvalue weighted by molar-refractivity contribution is 0.0935. The van der Waals surface area contributed by atoms with Crippen LogP contribution < -0.4 is 11.1 Å². The van der Waals surface area contributed by atoms with Gasteiger partial charge in [-0.3, -0.25) is 4.79 Å². The van der Waals surface area contributed by atoms with Gasteiger partial charge in [-0.2, -0.15) is 0 Å². The Balaban J connectivity index is 2.06. The molecular formula is C13H14FN3OS. The van der Waals surface area contributed by atoms with Crippen molar-refractivity contribution in [3.63, 3.8) is 0 Å². The number of rotatable bonds is 4. The lowest BCUT2D eigenvalue weighted by Crippen LogP contribution is -2.27. The zero-order valence-corrected chi connectivity index (χ0v) is 11.2. The van der Waals surface area contributed by atoms with E-state index >= 15 is 0 Å². The fourth-order valence-corrected chi connectivity index (χ4v) is 2.29. The van der Waals surface area contributed by atoms with Crippen LogP contribution in [0.2, 0.25) is 0 Å². The third-order valence-electron chi connectivity index (χ3n) is 2.66. The van der Waals surface area contributed by atoms with E-state index in [1.165, 1.54) is 23.5 Å². The summed E-state index contributed by atoms with van der Waals surface area (Å²) in [6.07, 6.45) is 0. The second kappa shape index (κ2) is 5.90. The van der Waals surface area contributed by atoms with E-state index in [0.717, 1.165) is 0 Å². The van der Waals surface area contributed by atoms with Gasteiger partial charge < -0.3 is 11.1 Å². The molecule has 2 aromatic rings. The van der Waals surface area contributed by atoms with Gasteiger partial charge in [0, 0.05) is 11.9 Å². The van der Waals surface area contributed by atoms with Crippen molar-refractivity contribution < 1.29 is 9.18 Å². The lowest BCUT2D eigenvalue weighted by Gasteiger charge is -2.13. The fraction of sp³-hybridized carbons (Fsp3) is 0.231. The van der Waals surface area contributed by atoms with Gasteiger partial charge in [-0.05, 0) is 24.6 Å². The van der Waals surface area contributed by atoms with Crippen LogP contribution in [0.15, 0.2) is 29.6 Å². The second-order valence-corrected chi connectivity index (χ2v) is 5.02. The summed E-state index contributed by atoms with van der Waals surface area (Å²) in [7, 11) is 0. The van der Waals surface area contributed by atoms with Crippen LogP contribution in [0.5, 0.6) is 0 Å². The highest BCUT2D eigenvalue weighted by Gasteiger charge is 2.14. The topological polar surface area (TPSA) is 68.0 Å². The summed E-state index contributed by atoms with van der Waals surface area (Å²) in [5, 5.41) is 5.15. The SMILES string of the molecule is C[C@@H](NC(=O)c1csc(CN)n1)c1cccc(F)c1. The minimum absolute atomic E-state index is 0.285. The molecule has 0 saturated carbocycles. The molecule has 0 aliphatic carbocycles. The molecule has 100 valence electrons. The molecule has 0 fully saturated rings. The van der Waals surface area contributed by atoms with Crippen LogP contribution in [-0.2, 0) is 6.54 Å². The van der Waals surface area contributed by atoms with Crippen molar-refractivity contribution >= 4 is 17.2 Å². The largest absolute Gasteiger partial charge is 0.344 e. The average Bonchev–Trinajstić information content (AvgIpc) is 2.87. The van der Waals surface area contributed by atoms with Crippen molar-refractivity contribution in [3.05, 3.63) is 51.7 Å². The van der Waals surface area contributed by atoms with Crippen LogP contribution in [0.4, 0.5) is 4.39 Å². The molecule has 0 aliphatic rings. The summed E-state index contributed by atoms with van der Waals surface area (Å²) in [6, 6.07) is 5.86. The highest BCUT2D eigenvalue weighted by Crippen LogP contribution is 2.15. The van der Waals surface area contributed by atoms with Gasteiger partial charge in [0.15, 0.2) is 0 Å². The molecule has 2 rings (SSSR count). The Labute approximate surface area is 114 Å². The van der Waals surface area contributed by atoms with Gasteiger partial charge in [0.1, 0.15) is 16.5 Å². The predicted octanol–water partition coefficient (Wildman–Crippen LogP) is 2.23. The number of nitrogens with zero attached hydrogens (tertiary/aromatic N) is 1. The number of benzene rings is 1. The van der Waals surface area contributed by atoms with E-state index in [9.17, 15) is 9.18 Å². The molecule has 0 saturated heterocycles. The zero-order chi connectivity index (χ0) is 13.8. The van der Waals surface area contributed by atoms with E-state index in [1.54, 1.807) is 24.4 Å². The number of hydrogen-bond acceptors (Lipinski definition) is 4. The van der Waals surface area contributed by atoms with Crippen LogP contribution in [0.25, 0.3) is 0 Å². The van der Waals surface area contributed by atoms with Gasteiger partial charge in [0.25, 0.3) is 5.91 Å². The smallest absolute Gasteiger partial charge is 0.271 e. The molecule has 0 spiro atoms. The number of thiazole rings is 1. The molecule has 0 aliphatic heterocycles. The van der Waals surface area contributed by atoms with Crippen LogP contribution in [0, 0.1) is 5.82 Å². The molecule has 3 N–H and O–H groups in total. The third-order valence-corrected chi connectivity index (χ3v) is 3.53.